The van der Waals surface area contributed by atoms with E-state index in [1.807, 2.05) is 18.2 Å². The van der Waals surface area contributed by atoms with Crippen LogP contribution in [-0.2, 0) is 0 Å². The first-order valence-corrected chi connectivity index (χ1v) is 7.15. The quantitative estimate of drug-likeness (QED) is 0.691. The molecule has 1 aromatic carbocycles. The standard InChI is InChI=1S/C15H24N2O2/c1-2-8-19-15-9-12(6-7-13(15)16)17-10-11-4-3-5-14(11)18/h6-7,9,11,14,17-18H,2-5,8,10,16H2,1H3. The fourth-order valence-electron chi connectivity index (χ4n) is 2.49. The molecule has 0 radical (unpaired) electrons. The molecular formula is C15H24N2O2. The van der Waals surface area contributed by atoms with E-state index >= 15 is 0 Å². The molecule has 4 nitrogen and oxygen atoms in total. The zero-order valence-corrected chi connectivity index (χ0v) is 11.6. The monoisotopic (exact) mass is 264 g/mol. The minimum atomic E-state index is -0.155. The van der Waals surface area contributed by atoms with E-state index in [4.69, 9.17) is 10.5 Å². The predicted octanol–water partition coefficient (Wildman–Crippen LogP) is 2.63. The lowest BCUT2D eigenvalue weighted by Gasteiger charge is -2.17. The number of hydrogen-bond acceptors (Lipinski definition) is 4. The molecule has 0 amide bonds. The van der Waals surface area contributed by atoms with Crippen molar-refractivity contribution in [2.24, 2.45) is 5.92 Å². The first-order chi connectivity index (χ1) is 9.20. The summed E-state index contributed by atoms with van der Waals surface area (Å²) < 4.78 is 5.61. The Morgan fingerprint density at radius 2 is 2.26 bits per heavy atom. The molecule has 2 rings (SSSR count). The smallest absolute Gasteiger partial charge is 0.144 e. The van der Waals surface area contributed by atoms with Crippen LogP contribution in [0.15, 0.2) is 18.2 Å². The summed E-state index contributed by atoms with van der Waals surface area (Å²) in [7, 11) is 0. The fraction of sp³-hybridized carbons (Fsp3) is 0.600. The lowest BCUT2D eigenvalue weighted by molar-refractivity contribution is 0.138. The van der Waals surface area contributed by atoms with Crippen LogP contribution < -0.4 is 15.8 Å². The van der Waals surface area contributed by atoms with Crippen molar-refractivity contribution in [3.8, 4) is 5.75 Å². The summed E-state index contributed by atoms with van der Waals surface area (Å²) in [6, 6.07) is 5.75. The molecule has 1 aromatic rings. The van der Waals surface area contributed by atoms with Crippen molar-refractivity contribution in [1.29, 1.82) is 0 Å². The normalized spacial score (nSPS) is 22.4. The Kier molecular flexibility index (Phi) is 4.91. The second-order valence-electron chi connectivity index (χ2n) is 5.24. The van der Waals surface area contributed by atoms with Gasteiger partial charge in [0.2, 0.25) is 0 Å². The third-order valence-electron chi connectivity index (χ3n) is 3.66. The van der Waals surface area contributed by atoms with Crippen LogP contribution in [0.4, 0.5) is 11.4 Å². The Bertz CT molecular complexity index is 409. The van der Waals surface area contributed by atoms with Gasteiger partial charge in [0.05, 0.1) is 18.4 Å². The first kappa shape index (κ1) is 14.0. The summed E-state index contributed by atoms with van der Waals surface area (Å²) in [5.41, 5.74) is 7.54. The SMILES string of the molecule is CCCOc1cc(NCC2CCCC2O)ccc1N. The maximum absolute atomic E-state index is 9.80. The van der Waals surface area contributed by atoms with Gasteiger partial charge in [0.25, 0.3) is 0 Å². The number of hydrogen-bond donors (Lipinski definition) is 3. The van der Waals surface area contributed by atoms with Crippen LogP contribution in [0.2, 0.25) is 0 Å². The van der Waals surface area contributed by atoms with E-state index in [0.717, 1.165) is 43.7 Å². The van der Waals surface area contributed by atoms with Crippen LogP contribution in [0.25, 0.3) is 0 Å². The second kappa shape index (κ2) is 6.66. The Balaban J connectivity index is 1.92. The maximum atomic E-state index is 9.80. The van der Waals surface area contributed by atoms with Gasteiger partial charge in [0.1, 0.15) is 5.75 Å². The number of nitrogen functional groups attached to an aromatic ring is 1. The lowest BCUT2D eigenvalue weighted by atomic mass is 10.1. The number of aliphatic hydroxyl groups is 1. The molecular weight excluding hydrogens is 240 g/mol. The average molecular weight is 264 g/mol. The van der Waals surface area contributed by atoms with Gasteiger partial charge in [-0.1, -0.05) is 13.3 Å². The Morgan fingerprint density at radius 1 is 1.42 bits per heavy atom. The molecule has 0 heterocycles. The molecule has 106 valence electrons. The van der Waals surface area contributed by atoms with E-state index in [1.165, 1.54) is 0 Å². The van der Waals surface area contributed by atoms with Crippen LogP contribution in [-0.4, -0.2) is 24.4 Å². The van der Waals surface area contributed by atoms with Gasteiger partial charge >= 0.3 is 0 Å². The van der Waals surface area contributed by atoms with Gasteiger partial charge in [0.15, 0.2) is 0 Å². The molecule has 2 atom stereocenters. The number of nitrogens with two attached hydrogens (primary N) is 1. The minimum absolute atomic E-state index is 0.155. The Labute approximate surface area is 115 Å². The van der Waals surface area contributed by atoms with Crippen LogP contribution in [0.3, 0.4) is 0 Å². The number of benzene rings is 1. The van der Waals surface area contributed by atoms with E-state index < -0.39 is 0 Å². The van der Waals surface area contributed by atoms with E-state index in [-0.39, 0.29) is 6.10 Å². The molecule has 2 unspecified atom stereocenters. The van der Waals surface area contributed by atoms with Crippen LogP contribution >= 0.6 is 0 Å². The largest absolute Gasteiger partial charge is 0.491 e. The van der Waals surface area contributed by atoms with Crippen molar-refractivity contribution in [2.45, 2.75) is 38.7 Å². The van der Waals surface area contributed by atoms with E-state index in [2.05, 4.69) is 12.2 Å². The van der Waals surface area contributed by atoms with Crippen molar-refractivity contribution in [1.82, 2.24) is 0 Å². The summed E-state index contributed by atoms with van der Waals surface area (Å²) in [6.07, 6.45) is 3.96. The zero-order chi connectivity index (χ0) is 13.7. The van der Waals surface area contributed by atoms with Gasteiger partial charge in [0, 0.05) is 24.2 Å². The molecule has 0 aromatic heterocycles. The zero-order valence-electron chi connectivity index (χ0n) is 11.6. The van der Waals surface area contributed by atoms with Crippen LogP contribution in [0.5, 0.6) is 5.75 Å². The highest BCUT2D eigenvalue weighted by atomic mass is 16.5. The van der Waals surface area contributed by atoms with Gasteiger partial charge in [-0.2, -0.15) is 0 Å². The van der Waals surface area contributed by atoms with Gasteiger partial charge in [-0.25, -0.2) is 0 Å². The summed E-state index contributed by atoms with van der Waals surface area (Å²) in [5.74, 6) is 1.09. The molecule has 4 N–H and O–H groups in total. The van der Waals surface area contributed by atoms with Crippen molar-refractivity contribution < 1.29 is 9.84 Å². The lowest BCUT2D eigenvalue weighted by Crippen LogP contribution is -2.21. The summed E-state index contributed by atoms with van der Waals surface area (Å²) in [6.45, 7) is 3.55. The molecule has 0 saturated heterocycles. The summed E-state index contributed by atoms with van der Waals surface area (Å²) in [5, 5.41) is 13.2. The van der Waals surface area contributed by atoms with Crippen molar-refractivity contribution in [3.05, 3.63) is 18.2 Å². The highest BCUT2D eigenvalue weighted by molar-refractivity contribution is 5.61. The van der Waals surface area contributed by atoms with E-state index in [1.54, 1.807) is 0 Å². The number of anilines is 2. The number of aliphatic hydroxyl groups excluding tert-OH is 1. The molecule has 1 aliphatic rings. The summed E-state index contributed by atoms with van der Waals surface area (Å²) >= 11 is 0. The molecule has 0 spiro atoms. The molecule has 4 heteroatoms. The van der Waals surface area contributed by atoms with Crippen LogP contribution in [0.1, 0.15) is 32.6 Å². The van der Waals surface area contributed by atoms with E-state index in [0.29, 0.717) is 18.2 Å². The molecule has 1 aliphatic carbocycles. The number of rotatable bonds is 6. The van der Waals surface area contributed by atoms with Gasteiger partial charge in [-0.15, -0.1) is 0 Å². The summed E-state index contributed by atoms with van der Waals surface area (Å²) in [4.78, 5) is 0. The third kappa shape index (κ3) is 3.77. The molecule has 1 fully saturated rings. The highest BCUT2D eigenvalue weighted by Crippen LogP contribution is 2.28. The third-order valence-corrected chi connectivity index (χ3v) is 3.66. The Hall–Kier alpha value is -1.42. The van der Waals surface area contributed by atoms with E-state index in [9.17, 15) is 5.11 Å². The number of ether oxygens (including phenoxy) is 1. The van der Waals surface area contributed by atoms with Gasteiger partial charge in [-0.05, 0) is 31.4 Å². The molecule has 19 heavy (non-hydrogen) atoms. The van der Waals surface area contributed by atoms with Crippen molar-refractivity contribution in [3.63, 3.8) is 0 Å². The fourth-order valence-corrected chi connectivity index (χ4v) is 2.49. The highest BCUT2D eigenvalue weighted by Gasteiger charge is 2.24. The van der Waals surface area contributed by atoms with Crippen molar-refractivity contribution in [2.75, 3.05) is 24.2 Å². The molecule has 0 aliphatic heterocycles. The molecule has 0 bridgehead atoms. The Morgan fingerprint density at radius 3 is 2.95 bits per heavy atom. The topological polar surface area (TPSA) is 67.5 Å². The number of nitrogens with one attached hydrogen (secondary N) is 1. The maximum Gasteiger partial charge on any atom is 0.144 e. The first-order valence-electron chi connectivity index (χ1n) is 7.15. The predicted molar refractivity (Wildman–Crippen MR) is 78.5 cm³/mol. The average Bonchev–Trinajstić information content (AvgIpc) is 2.82. The van der Waals surface area contributed by atoms with Gasteiger partial charge in [-0.3, -0.25) is 0 Å². The second-order valence-corrected chi connectivity index (χ2v) is 5.24. The van der Waals surface area contributed by atoms with Gasteiger partial charge < -0.3 is 20.9 Å². The molecule has 1 saturated carbocycles. The van der Waals surface area contributed by atoms with Crippen LogP contribution in [0, 0.1) is 5.92 Å². The minimum Gasteiger partial charge on any atom is -0.491 e. The van der Waals surface area contributed by atoms with Crippen molar-refractivity contribution >= 4 is 11.4 Å².